The molecule has 0 bridgehead atoms. The number of likely N-dealkylation sites (N-methyl/N-ethyl adjacent to an activating group) is 1. The van der Waals surface area contributed by atoms with E-state index < -0.39 is 0 Å². The predicted molar refractivity (Wildman–Crippen MR) is 112 cm³/mol. The van der Waals surface area contributed by atoms with Crippen LogP contribution in [0.2, 0.25) is 0 Å². The Hall–Kier alpha value is -3.04. The van der Waals surface area contributed by atoms with Crippen LogP contribution < -0.4 is 10.9 Å². The number of carbonyl (C=O) groups is 2. The van der Waals surface area contributed by atoms with Crippen molar-refractivity contribution < 1.29 is 9.59 Å². The Morgan fingerprint density at radius 2 is 1.86 bits per heavy atom. The quantitative estimate of drug-likeness (QED) is 0.703. The molecule has 1 N–H and O–H groups in total. The molecule has 3 aromatic rings. The molecule has 0 aliphatic carbocycles. The van der Waals surface area contributed by atoms with Crippen LogP contribution in [-0.4, -0.2) is 64.4 Å². The first kappa shape index (κ1) is 19.3. The third-order valence-electron chi connectivity index (χ3n) is 4.89. The Bertz CT molecular complexity index is 1100. The molecule has 150 valence electrons. The molecule has 8 nitrogen and oxygen atoms in total. The number of amides is 2. The van der Waals surface area contributed by atoms with Crippen LogP contribution in [0.1, 0.15) is 9.67 Å². The molecule has 1 aliphatic heterocycles. The molecule has 0 saturated carbocycles. The van der Waals surface area contributed by atoms with Crippen LogP contribution in [-0.2, 0) is 11.3 Å². The molecule has 1 aromatic carbocycles. The van der Waals surface area contributed by atoms with Crippen LogP contribution in [0.15, 0.2) is 47.5 Å². The fourth-order valence-corrected chi connectivity index (χ4v) is 4.18. The summed E-state index contributed by atoms with van der Waals surface area (Å²) in [4.78, 5) is 47.1. The fourth-order valence-electron chi connectivity index (χ4n) is 3.22. The number of para-hydroxylation sites is 1. The molecule has 0 unspecified atom stereocenters. The highest BCUT2D eigenvalue weighted by Gasteiger charge is 2.23. The zero-order valence-corrected chi connectivity index (χ0v) is 16.8. The molecule has 1 aliphatic rings. The average Bonchev–Trinajstić information content (AvgIpc) is 3.16. The van der Waals surface area contributed by atoms with Gasteiger partial charge in [0.1, 0.15) is 11.4 Å². The second-order valence-electron chi connectivity index (χ2n) is 7.02. The normalized spacial score (nSPS) is 14.9. The van der Waals surface area contributed by atoms with Crippen molar-refractivity contribution in [3.05, 3.63) is 58.0 Å². The summed E-state index contributed by atoms with van der Waals surface area (Å²) in [6.07, 6.45) is 1.36. The highest BCUT2D eigenvalue weighted by atomic mass is 32.1. The molecule has 2 aromatic heterocycles. The minimum Gasteiger partial charge on any atom is -0.335 e. The number of nitrogens with one attached hydrogen (secondary N) is 1. The summed E-state index contributed by atoms with van der Waals surface area (Å²) in [5.74, 6) is -0.391. The number of carbonyl (C=O) groups excluding carboxylic acids is 2. The Morgan fingerprint density at radius 3 is 2.59 bits per heavy atom. The molecule has 4 rings (SSSR count). The van der Waals surface area contributed by atoms with Gasteiger partial charge in [0.15, 0.2) is 0 Å². The van der Waals surface area contributed by atoms with E-state index in [2.05, 4.69) is 15.2 Å². The monoisotopic (exact) mass is 411 g/mol. The maximum atomic E-state index is 12.8. The van der Waals surface area contributed by atoms with Gasteiger partial charge in [-0.3, -0.25) is 19.0 Å². The van der Waals surface area contributed by atoms with Gasteiger partial charge in [-0.1, -0.05) is 18.2 Å². The number of thiophene rings is 1. The molecular weight excluding hydrogens is 390 g/mol. The summed E-state index contributed by atoms with van der Waals surface area (Å²) in [6, 6.07) is 10.6. The Kier molecular flexibility index (Phi) is 5.41. The van der Waals surface area contributed by atoms with Crippen molar-refractivity contribution in [3.8, 4) is 0 Å². The van der Waals surface area contributed by atoms with E-state index in [1.807, 2.05) is 25.2 Å². The Morgan fingerprint density at radius 1 is 1.14 bits per heavy atom. The standard InChI is InChI=1S/C20H21N5O3S/c1-23-7-9-24(10-8-23)20(28)16-11-15-18(29-16)21-13-25(19(15)27)12-17(26)22-14-5-3-2-4-6-14/h2-6,11,13H,7-10,12H2,1H3,(H,22,26). The first-order chi connectivity index (χ1) is 14.0. The number of benzene rings is 1. The van der Waals surface area contributed by atoms with Gasteiger partial charge in [-0.05, 0) is 25.2 Å². The highest BCUT2D eigenvalue weighted by Crippen LogP contribution is 2.23. The van der Waals surface area contributed by atoms with Crippen LogP contribution in [0.5, 0.6) is 0 Å². The van der Waals surface area contributed by atoms with Gasteiger partial charge in [-0.2, -0.15) is 0 Å². The van der Waals surface area contributed by atoms with Gasteiger partial charge in [0, 0.05) is 31.9 Å². The SMILES string of the molecule is CN1CCN(C(=O)c2cc3c(=O)n(CC(=O)Nc4ccccc4)cnc3s2)CC1. The summed E-state index contributed by atoms with van der Waals surface area (Å²) >= 11 is 1.21. The van der Waals surface area contributed by atoms with Crippen molar-refractivity contribution in [2.75, 3.05) is 38.5 Å². The number of hydrogen-bond donors (Lipinski definition) is 1. The predicted octanol–water partition coefficient (Wildman–Crippen LogP) is 1.48. The first-order valence-corrected chi connectivity index (χ1v) is 10.1. The highest BCUT2D eigenvalue weighted by molar-refractivity contribution is 7.20. The van der Waals surface area contributed by atoms with Gasteiger partial charge < -0.3 is 15.1 Å². The van der Waals surface area contributed by atoms with E-state index in [9.17, 15) is 14.4 Å². The molecule has 0 atom stereocenters. The number of hydrogen-bond acceptors (Lipinski definition) is 6. The van der Waals surface area contributed by atoms with Crippen molar-refractivity contribution in [2.24, 2.45) is 0 Å². The second-order valence-corrected chi connectivity index (χ2v) is 8.05. The number of fused-ring (bicyclic) bond motifs is 1. The summed E-state index contributed by atoms with van der Waals surface area (Å²) < 4.78 is 1.26. The average molecular weight is 411 g/mol. The molecule has 1 saturated heterocycles. The van der Waals surface area contributed by atoms with Crippen molar-refractivity contribution in [3.63, 3.8) is 0 Å². The van der Waals surface area contributed by atoms with E-state index >= 15 is 0 Å². The second kappa shape index (κ2) is 8.14. The van der Waals surface area contributed by atoms with Gasteiger partial charge in [-0.25, -0.2) is 4.98 Å². The zero-order chi connectivity index (χ0) is 20.4. The van der Waals surface area contributed by atoms with Crippen LogP contribution in [0, 0.1) is 0 Å². The van der Waals surface area contributed by atoms with E-state index in [1.165, 1.54) is 22.2 Å². The number of anilines is 1. The summed E-state index contributed by atoms with van der Waals surface area (Å²) in [5.41, 5.74) is 0.335. The topological polar surface area (TPSA) is 87.5 Å². The maximum Gasteiger partial charge on any atom is 0.264 e. The zero-order valence-electron chi connectivity index (χ0n) is 16.0. The van der Waals surface area contributed by atoms with Gasteiger partial charge in [-0.15, -0.1) is 11.3 Å². The molecule has 0 spiro atoms. The smallest absolute Gasteiger partial charge is 0.264 e. The lowest BCUT2D eigenvalue weighted by Gasteiger charge is -2.32. The van der Waals surface area contributed by atoms with Gasteiger partial charge >= 0.3 is 0 Å². The summed E-state index contributed by atoms with van der Waals surface area (Å²) in [7, 11) is 2.03. The number of rotatable bonds is 4. The number of piperazine rings is 1. The molecule has 1 fully saturated rings. The molecule has 2 amide bonds. The van der Waals surface area contributed by atoms with E-state index in [4.69, 9.17) is 0 Å². The lowest BCUT2D eigenvalue weighted by Crippen LogP contribution is -2.46. The largest absolute Gasteiger partial charge is 0.335 e. The molecule has 9 heteroatoms. The molecule has 3 heterocycles. The van der Waals surface area contributed by atoms with Crippen molar-refractivity contribution in [1.82, 2.24) is 19.4 Å². The lowest BCUT2D eigenvalue weighted by atomic mass is 10.3. The first-order valence-electron chi connectivity index (χ1n) is 9.33. The van der Waals surface area contributed by atoms with E-state index in [0.717, 1.165) is 13.1 Å². The van der Waals surface area contributed by atoms with Crippen LogP contribution in [0.3, 0.4) is 0 Å². The Labute approximate surface area is 171 Å². The Balaban J connectivity index is 1.52. The molecule has 29 heavy (non-hydrogen) atoms. The fraction of sp³-hybridized carbons (Fsp3) is 0.300. The number of aromatic nitrogens is 2. The van der Waals surface area contributed by atoms with Crippen LogP contribution in [0.4, 0.5) is 5.69 Å². The van der Waals surface area contributed by atoms with Gasteiger partial charge in [0.25, 0.3) is 11.5 Å². The van der Waals surface area contributed by atoms with E-state index in [1.54, 1.807) is 23.1 Å². The lowest BCUT2D eigenvalue weighted by molar-refractivity contribution is -0.116. The summed E-state index contributed by atoms with van der Waals surface area (Å²) in [6.45, 7) is 2.85. The minimum absolute atomic E-state index is 0.0751. The maximum absolute atomic E-state index is 12.8. The van der Waals surface area contributed by atoms with E-state index in [0.29, 0.717) is 33.9 Å². The van der Waals surface area contributed by atoms with Crippen molar-refractivity contribution in [2.45, 2.75) is 6.54 Å². The number of nitrogens with zero attached hydrogens (tertiary/aromatic N) is 4. The molecule has 0 radical (unpaired) electrons. The molecular formula is C20H21N5O3S. The van der Waals surface area contributed by atoms with Crippen molar-refractivity contribution in [1.29, 1.82) is 0 Å². The summed E-state index contributed by atoms with van der Waals surface area (Å²) in [5, 5.41) is 3.11. The van der Waals surface area contributed by atoms with Gasteiger partial charge in [0.05, 0.1) is 16.6 Å². The van der Waals surface area contributed by atoms with Crippen molar-refractivity contribution >= 4 is 39.1 Å². The van der Waals surface area contributed by atoms with E-state index in [-0.39, 0.29) is 23.9 Å². The minimum atomic E-state index is -0.327. The van der Waals surface area contributed by atoms with Gasteiger partial charge in [0.2, 0.25) is 5.91 Å². The third kappa shape index (κ3) is 4.20. The van der Waals surface area contributed by atoms with Crippen LogP contribution >= 0.6 is 11.3 Å². The third-order valence-corrected chi connectivity index (χ3v) is 5.92. The van der Waals surface area contributed by atoms with Crippen LogP contribution in [0.25, 0.3) is 10.2 Å².